The van der Waals surface area contributed by atoms with Crippen molar-refractivity contribution in [3.63, 3.8) is 0 Å². The van der Waals surface area contributed by atoms with E-state index in [2.05, 4.69) is 0 Å². The molecule has 2 aromatic rings. The molecule has 21 heavy (non-hydrogen) atoms. The van der Waals surface area contributed by atoms with Crippen molar-refractivity contribution in [3.8, 4) is 0 Å². The Morgan fingerprint density at radius 1 is 1.05 bits per heavy atom. The van der Waals surface area contributed by atoms with Gasteiger partial charge in [-0.15, -0.1) is 0 Å². The molecular formula is C13H10F3NO3S. The third-order valence-electron chi connectivity index (χ3n) is 2.67. The Bertz CT molecular complexity index is 778. The molecule has 8 heteroatoms. The standard InChI is InChI=1S/C13H10F3NO3S/c14-10-4-5-11(13(16)12(10)15)17-21(19,20)9-3-1-2-8(6-9)7-18/h1-6,17-18H,7H2. The fraction of sp³-hybridized carbons (Fsp3) is 0.0769. The predicted octanol–water partition coefficient (Wildman–Crippen LogP) is 2.40. The maximum atomic E-state index is 13.5. The van der Waals surface area contributed by atoms with Crippen molar-refractivity contribution in [2.45, 2.75) is 11.5 Å². The van der Waals surface area contributed by atoms with E-state index in [1.165, 1.54) is 24.3 Å². The third-order valence-corrected chi connectivity index (χ3v) is 4.03. The van der Waals surface area contributed by atoms with Gasteiger partial charge in [-0.05, 0) is 29.8 Å². The van der Waals surface area contributed by atoms with Crippen molar-refractivity contribution < 1.29 is 26.7 Å². The fourth-order valence-electron chi connectivity index (χ4n) is 1.62. The Kier molecular flexibility index (Phi) is 4.19. The first-order valence-electron chi connectivity index (χ1n) is 5.71. The minimum absolute atomic E-state index is 0.238. The number of aliphatic hydroxyl groups is 1. The molecule has 0 fully saturated rings. The molecule has 0 aromatic heterocycles. The van der Waals surface area contributed by atoms with Crippen LogP contribution in [0.1, 0.15) is 5.56 Å². The normalized spacial score (nSPS) is 11.4. The first-order valence-corrected chi connectivity index (χ1v) is 7.19. The van der Waals surface area contributed by atoms with Gasteiger partial charge in [0.1, 0.15) is 0 Å². The highest BCUT2D eigenvalue weighted by molar-refractivity contribution is 7.92. The maximum absolute atomic E-state index is 13.5. The largest absolute Gasteiger partial charge is 0.392 e. The molecule has 0 aliphatic carbocycles. The summed E-state index contributed by atoms with van der Waals surface area (Å²) in [4.78, 5) is -0.238. The lowest BCUT2D eigenvalue weighted by Crippen LogP contribution is -2.15. The van der Waals surface area contributed by atoms with Crippen LogP contribution >= 0.6 is 0 Å². The summed E-state index contributed by atoms with van der Waals surface area (Å²) in [6.07, 6.45) is 0. The summed E-state index contributed by atoms with van der Waals surface area (Å²) in [5, 5.41) is 8.96. The molecule has 0 atom stereocenters. The molecule has 112 valence electrons. The van der Waals surface area contributed by atoms with Gasteiger partial charge in [-0.1, -0.05) is 12.1 Å². The second-order valence-corrected chi connectivity index (χ2v) is 5.82. The highest BCUT2D eigenvalue weighted by Gasteiger charge is 2.20. The number of halogens is 3. The number of benzene rings is 2. The topological polar surface area (TPSA) is 66.4 Å². The van der Waals surface area contributed by atoms with Gasteiger partial charge in [-0.25, -0.2) is 21.6 Å². The zero-order valence-corrected chi connectivity index (χ0v) is 11.3. The Morgan fingerprint density at radius 2 is 1.76 bits per heavy atom. The van der Waals surface area contributed by atoms with E-state index in [-0.39, 0.29) is 11.5 Å². The highest BCUT2D eigenvalue weighted by atomic mass is 32.2. The minimum atomic E-state index is -4.19. The molecule has 0 unspecified atom stereocenters. The van der Waals surface area contributed by atoms with Crippen molar-refractivity contribution in [3.05, 3.63) is 59.4 Å². The van der Waals surface area contributed by atoms with Gasteiger partial charge in [0.2, 0.25) is 0 Å². The van der Waals surface area contributed by atoms with Crippen LogP contribution in [0.25, 0.3) is 0 Å². The summed E-state index contributed by atoms with van der Waals surface area (Å²) >= 11 is 0. The molecule has 0 bridgehead atoms. The van der Waals surface area contributed by atoms with E-state index < -0.39 is 33.2 Å². The van der Waals surface area contributed by atoms with Gasteiger partial charge in [0, 0.05) is 0 Å². The van der Waals surface area contributed by atoms with E-state index in [0.717, 1.165) is 6.07 Å². The average Bonchev–Trinajstić information content (AvgIpc) is 2.48. The summed E-state index contributed by atoms with van der Waals surface area (Å²) in [5.41, 5.74) is -0.369. The van der Waals surface area contributed by atoms with Gasteiger partial charge < -0.3 is 5.11 Å². The molecule has 2 aromatic carbocycles. The van der Waals surface area contributed by atoms with Crippen molar-refractivity contribution in [1.29, 1.82) is 0 Å². The molecular weight excluding hydrogens is 307 g/mol. The average molecular weight is 317 g/mol. The summed E-state index contributed by atoms with van der Waals surface area (Å²) in [5.74, 6) is -4.81. The van der Waals surface area contributed by atoms with Gasteiger partial charge in [0.15, 0.2) is 17.5 Å². The smallest absolute Gasteiger partial charge is 0.261 e. The van der Waals surface area contributed by atoms with Crippen LogP contribution in [0.15, 0.2) is 41.3 Å². The van der Waals surface area contributed by atoms with E-state index in [4.69, 9.17) is 5.11 Å². The minimum Gasteiger partial charge on any atom is -0.392 e. The second kappa shape index (κ2) is 5.74. The fourth-order valence-corrected chi connectivity index (χ4v) is 2.75. The van der Waals surface area contributed by atoms with E-state index >= 15 is 0 Å². The van der Waals surface area contributed by atoms with E-state index in [1.807, 2.05) is 4.72 Å². The molecule has 0 amide bonds. The van der Waals surface area contributed by atoms with E-state index in [1.54, 1.807) is 0 Å². The van der Waals surface area contributed by atoms with Crippen molar-refractivity contribution in [2.75, 3.05) is 4.72 Å². The third kappa shape index (κ3) is 3.17. The summed E-state index contributed by atoms with van der Waals surface area (Å²) in [7, 11) is -4.19. The van der Waals surface area contributed by atoms with E-state index in [0.29, 0.717) is 11.6 Å². The number of aliphatic hydroxyl groups excluding tert-OH is 1. The van der Waals surface area contributed by atoms with Crippen LogP contribution in [0.5, 0.6) is 0 Å². The Morgan fingerprint density at radius 3 is 2.43 bits per heavy atom. The van der Waals surface area contributed by atoms with Crippen molar-refractivity contribution in [2.24, 2.45) is 0 Å². The van der Waals surface area contributed by atoms with Crippen LogP contribution in [0.2, 0.25) is 0 Å². The van der Waals surface area contributed by atoms with Crippen molar-refractivity contribution >= 4 is 15.7 Å². The maximum Gasteiger partial charge on any atom is 0.261 e. The first-order chi connectivity index (χ1) is 9.85. The molecule has 0 saturated carbocycles. The molecule has 0 aliphatic heterocycles. The Labute approximate surface area is 118 Å². The number of hydrogen-bond donors (Lipinski definition) is 2. The lowest BCUT2D eigenvalue weighted by atomic mass is 10.2. The van der Waals surface area contributed by atoms with Crippen LogP contribution in [0.3, 0.4) is 0 Å². The quantitative estimate of drug-likeness (QED) is 0.851. The van der Waals surface area contributed by atoms with Gasteiger partial charge in [0.25, 0.3) is 10.0 Å². The van der Waals surface area contributed by atoms with Crippen LogP contribution < -0.4 is 4.72 Å². The molecule has 0 radical (unpaired) electrons. The predicted molar refractivity (Wildman–Crippen MR) is 69.5 cm³/mol. The summed E-state index contributed by atoms with van der Waals surface area (Å²) < 4.78 is 65.3. The van der Waals surface area contributed by atoms with Gasteiger partial charge in [-0.2, -0.15) is 0 Å². The zero-order valence-electron chi connectivity index (χ0n) is 10.5. The van der Waals surface area contributed by atoms with Crippen LogP contribution in [-0.4, -0.2) is 13.5 Å². The van der Waals surface area contributed by atoms with Gasteiger partial charge >= 0.3 is 0 Å². The molecule has 0 saturated heterocycles. The number of sulfonamides is 1. The first kappa shape index (κ1) is 15.3. The van der Waals surface area contributed by atoms with E-state index in [9.17, 15) is 21.6 Å². The zero-order chi connectivity index (χ0) is 15.6. The highest BCUT2D eigenvalue weighted by Crippen LogP contribution is 2.23. The number of hydrogen-bond acceptors (Lipinski definition) is 3. The van der Waals surface area contributed by atoms with Gasteiger partial charge in [-0.3, -0.25) is 4.72 Å². The second-order valence-electron chi connectivity index (χ2n) is 4.13. The molecule has 2 N–H and O–H groups in total. The van der Waals surface area contributed by atoms with Crippen molar-refractivity contribution in [1.82, 2.24) is 0 Å². The molecule has 4 nitrogen and oxygen atoms in total. The van der Waals surface area contributed by atoms with Crippen LogP contribution in [-0.2, 0) is 16.6 Å². The molecule has 0 heterocycles. The Balaban J connectivity index is 2.40. The molecule has 0 spiro atoms. The number of anilines is 1. The Hall–Kier alpha value is -2.06. The SMILES string of the molecule is O=S(=O)(Nc1ccc(F)c(F)c1F)c1cccc(CO)c1. The van der Waals surface area contributed by atoms with Gasteiger partial charge in [0.05, 0.1) is 17.2 Å². The molecule has 2 rings (SSSR count). The summed E-state index contributed by atoms with van der Waals surface area (Å²) in [6.45, 7) is -0.372. The monoisotopic (exact) mass is 317 g/mol. The number of nitrogens with one attached hydrogen (secondary N) is 1. The van der Waals surface area contributed by atoms with Crippen LogP contribution in [0.4, 0.5) is 18.9 Å². The van der Waals surface area contributed by atoms with Crippen LogP contribution in [0, 0.1) is 17.5 Å². The number of rotatable bonds is 4. The summed E-state index contributed by atoms with van der Waals surface area (Å²) in [6, 6.07) is 6.68. The lowest BCUT2D eigenvalue weighted by molar-refractivity contribution is 0.281. The lowest BCUT2D eigenvalue weighted by Gasteiger charge is -2.10. The molecule has 0 aliphatic rings.